The van der Waals surface area contributed by atoms with Gasteiger partial charge in [0.25, 0.3) is 0 Å². The molecule has 1 aromatic heterocycles. The molecule has 1 atom stereocenters. The lowest BCUT2D eigenvalue weighted by molar-refractivity contribution is -0.122. The number of amides is 1. The Morgan fingerprint density at radius 2 is 2.11 bits per heavy atom. The Balaban J connectivity index is 1.86. The number of nitrogens with one attached hydrogen (secondary N) is 1. The molecule has 1 amide bonds. The Bertz CT molecular complexity index is 433. The van der Waals surface area contributed by atoms with E-state index in [0.29, 0.717) is 12.5 Å². The Labute approximate surface area is 115 Å². The van der Waals surface area contributed by atoms with Gasteiger partial charge in [-0.1, -0.05) is 19.3 Å². The molecule has 1 heterocycles. The van der Waals surface area contributed by atoms with Crippen LogP contribution in [0.1, 0.15) is 62.9 Å². The molecule has 4 nitrogen and oxygen atoms in total. The van der Waals surface area contributed by atoms with Gasteiger partial charge in [-0.2, -0.15) is 5.10 Å². The number of nitrogens with zero attached hydrogens (tertiary/aromatic N) is 2. The van der Waals surface area contributed by atoms with E-state index < -0.39 is 0 Å². The fourth-order valence-electron chi connectivity index (χ4n) is 2.98. The maximum atomic E-state index is 12.1. The van der Waals surface area contributed by atoms with Gasteiger partial charge in [-0.05, 0) is 39.7 Å². The predicted octanol–water partition coefficient (Wildman–Crippen LogP) is 2.90. The Morgan fingerprint density at radius 3 is 2.68 bits per heavy atom. The smallest absolute Gasteiger partial charge is 0.222 e. The molecule has 0 aliphatic heterocycles. The predicted molar refractivity (Wildman–Crippen MR) is 76.0 cm³/mol. The van der Waals surface area contributed by atoms with Crippen molar-refractivity contribution in [3.63, 3.8) is 0 Å². The summed E-state index contributed by atoms with van der Waals surface area (Å²) in [6.07, 6.45) is 6.60. The number of aromatic nitrogens is 2. The molecule has 4 heteroatoms. The molecule has 1 aliphatic rings. The van der Waals surface area contributed by atoms with E-state index in [-0.39, 0.29) is 11.9 Å². The summed E-state index contributed by atoms with van der Waals surface area (Å²) in [5, 5.41) is 7.61. The van der Waals surface area contributed by atoms with Crippen LogP contribution in [-0.2, 0) is 4.79 Å². The highest BCUT2D eigenvalue weighted by atomic mass is 16.1. The van der Waals surface area contributed by atoms with Crippen LogP contribution >= 0.6 is 0 Å². The van der Waals surface area contributed by atoms with E-state index in [4.69, 9.17) is 0 Å². The van der Waals surface area contributed by atoms with Gasteiger partial charge in [-0.15, -0.1) is 0 Å². The van der Waals surface area contributed by atoms with Crippen LogP contribution in [0.3, 0.4) is 0 Å². The second kappa shape index (κ2) is 6.22. The summed E-state index contributed by atoms with van der Waals surface area (Å²) in [5.74, 6) is 0.159. The summed E-state index contributed by atoms with van der Waals surface area (Å²) in [5.41, 5.74) is 2.13. The lowest BCUT2D eigenvalue weighted by Crippen LogP contribution is -2.37. The second-order valence-corrected chi connectivity index (χ2v) is 5.83. The van der Waals surface area contributed by atoms with E-state index in [2.05, 4.69) is 23.4 Å². The summed E-state index contributed by atoms with van der Waals surface area (Å²) in [4.78, 5) is 12.1. The minimum Gasteiger partial charge on any atom is -0.353 e. The molecule has 1 aromatic rings. The van der Waals surface area contributed by atoms with Crippen LogP contribution < -0.4 is 5.32 Å². The number of hydrogen-bond donors (Lipinski definition) is 1. The minimum absolute atomic E-state index is 0.122. The zero-order chi connectivity index (χ0) is 13.8. The standard InChI is InChI=1S/C15H25N3O/c1-11-9-12(2)18(17-11)13(3)10-15(19)16-14-7-5-4-6-8-14/h9,13-14H,4-8,10H2,1-3H3,(H,16,19). The van der Waals surface area contributed by atoms with Crippen LogP contribution in [0.15, 0.2) is 6.07 Å². The first-order chi connectivity index (χ1) is 9.06. The first-order valence-corrected chi connectivity index (χ1v) is 7.38. The van der Waals surface area contributed by atoms with E-state index in [9.17, 15) is 4.79 Å². The topological polar surface area (TPSA) is 46.9 Å². The van der Waals surface area contributed by atoms with Crippen LogP contribution in [0.2, 0.25) is 0 Å². The molecule has 19 heavy (non-hydrogen) atoms. The van der Waals surface area contributed by atoms with Crippen molar-refractivity contribution in [1.29, 1.82) is 0 Å². The van der Waals surface area contributed by atoms with Crippen molar-refractivity contribution in [3.8, 4) is 0 Å². The van der Waals surface area contributed by atoms with Gasteiger partial charge < -0.3 is 5.32 Å². The number of carbonyl (C=O) groups excluding carboxylic acids is 1. The molecule has 0 spiro atoms. The van der Waals surface area contributed by atoms with Crippen molar-refractivity contribution >= 4 is 5.91 Å². The van der Waals surface area contributed by atoms with Gasteiger partial charge in [0.1, 0.15) is 0 Å². The zero-order valence-corrected chi connectivity index (χ0v) is 12.3. The minimum atomic E-state index is 0.122. The van der Waals surface area contributed by atoms with Crippen molar-refractivity contribution in [2.75, 3.05) is 0 Å². The summed E-state index contributed by atoms with van der Waals surface area (Å²) in [6, 6.07) is 2.57. The third-order valence-electron chi connectivity index (χ3n) is 3.91. The molecule has 1 N–H and O–H groups in total. The quantitative estimate of drug-likeness (QED) is 0.908. The van der Waals surface area contributed by atoms with E-state index in [1.54, 1.807) is 0 Å². The third-order valence-corrected chi connectivity index (χ3v) is 3.91. The third kappa shape index (κ3) is 3.82. The van der Waals surface area contributed by atoms with Gasteiger partial charge in [0, 0.05) is 18.2 Å². The normalized spacial score (nSPS) is 18.3. The van der Waals surface area contributed by atoms with E-state index in [1.807, 2.05) is 18.5 Å². The molecular weight excluding hydrogens is 238 g/mol. The fourth-order valence-corrected chi connectivity index (χ4v) is 2.98. The summed E-state index contributed by atoms with van der Waals surface area (Å²) in [7, 11) is 0. The molecule has 1 saturated carbocycles. The SMILES string of the molecule is Cc1cc(C)n(C(C)CC(=O)NC2CCCCC2)n1. The van der Waals surface area contributed by atoms with Crippen LogP contribution in [0.4, 0.5) is 0 Å². The lowest BCUT2D eigenvalue weighted by atomic mass is 9.95. The molecular formula is C15H25N3O. The van der Waals surface area contributed by atoms with Crippen LogP contribution in [0, 0.1) is 13.8 Å². The number of rotatable bonds is 4. The Kier molecular flexibility index (Phi) is 4.61. The van der Waals surface area contributed by atoms with E-state index in [1.165, 1.54) is 19.3 Å². The van der Waals surface area contributed by atoms with Crippen LogP contribution in [-0.4, -0.2) is 21.7 Å². The first-order valence-electron chi connectivity index (χ1n) is 7.38. The largest absolute Gasteiger partial charge is 0.353 e. The fraction of sp³-hybridized carbons (Fsp3) is 0.733. The summed E-state index contributed by atoms with van der Waals surface area (Å²) >= 11 is 0. The number of carbonyl (C=O) groups is 1. The maximum absolute atomic E-state index is 12.1. The molecule has 0 saturated heterocycles. The molecule has 1 aliphatic carbocycles. The average Bonchev–Trinajstić information content (AvgIpc) is 2.69. The van der Waals surface area contributed by atoms with Crippen molar-refractivity contribution in [3.05, 3.63) is 17.5 Å². The van der Waals surface area contributed by atoms with Crippen LogP contribution in [0.25, 0.3) is 0 Å². The van der Waals surface area contributed by atoms with E-state index in [0.717, 1.165) is 24.2 Å². The van der Waals surface area contributed by atoms with Crippen molar-refractivity contribution in [2.24, 2.45) is 0 Å². The van der Waals surface area contributed by atoms with Gasteiger partial charge >= 0.3 is 0 Å². The maximum Gasteiger partial charge on any atom is 0.222 e. The van der Waals surface area contributed by atoms with Crippen molar-refractivity contribution < 1.29 is 4.79 Å². The molecule has 1 unspecified atom stereocenters. The van der Waals surface area contributed by atoms with E-state index >= 15 is 0 Å². The summed E-state index contributed by atoms with van der Waals surface area (Å²) in [6.45, 7) is 6.08. The highest BCUT2D eigenvalue weighted by Crippen LogP contribution is 2.19. The molecule has 0 aromatic carbocycles. The number of hydrogen-bond acceptors (Lipinski definition) is 2. The van der Waals surface area contributed by atoms with Gasteiger partial charge in [-0.25, -0.2) is 0 Å². The Morgan fingerprint density at radius 1 is 1.42 bits per heavy atom. The van der Waals surface area contributed by atoms with Gasteiger partial charge in [0.05, 0.1) is 11.7 Å². The average molecular weight is 263 g/mol. The molecule has 2 rings (SSSR count). The molecule has 1 fully saturated rings. The van der Waals surface area contributed by atoms with Gasteiger partial charge in [0.15, 0.2) is 0 Å². The monoisotopic (exact) mass is 263 g/mol. The summed E-state index contributed by atoms with van der Waals surface area (Å²) < 4.78 is 1.95. The lowest BCUT2D eigenvalue weighted by Gasteiger charge is -2.23. The Hall–Kier alpha value is -1.32. The highest BCUT2D eigenvalue weighted by Gasteiger charge is 2.18. The van der Waals surface area contributed by atoms with Gasteiger partial charge in [-0.3, -0.25) is 9.48 Å². The highest BCUT2D eigenvalue weighted by molar-refractivity contribution is 5.76. The molecule has 0 radical (unpaired) electrons. The molecule has 0 bridgehead atoms. The van der Waals surface area contributed by atoms with Crippen molar-refractivity contribution in [1.82, 2.24) is 15.1 Å². The first kappa shape index (κ1) is 14.1. The van der Waals surface area contributed by atoms with Gasteiger partial charge in [0.2, 0.25) is 5.91 Å². The number of aryl methyl sites for hydroxylation is 2. The van der Waals surface area contributed by atoms with Crippen molar-refractivity contribution in [2.45, 2.75) is 71.4 Å². The van der Waals surface area contributed by atoms with Crippen LogP contribution in [0.5, 0.6) is 0 Å². The zero-order valence-electron chi connectivity index (χ0n) is 12.3. The molecule has 106 valence electrons. The second-order valence-electron chi connectivity index (χ2n) is 5.83.